The predicted molar refractivity (Wildman–Crippen MR) is 57.8 cm³/mol. The van der Waals surface area contributed by atoms with Crippen molar-refractivity contribution in [2.75, 3.05) is 19.8 Å². The Hall–Kier alpha value is -0.450. The number of aromatic nitrogens is 1. The lowest BCUT2D eigenvalue weighted by Crippen LogP contribution is -2.34. The van der Waals surface area contributed by atoms with Gasteiger partial charge >= 0.3 is 0 Å². The van der Waals surface area contributed by atoms with Crippen LogP contribution in [0.25, 0.3) is 0 Å². The second-order valence-electron chi connectivity index (χ2n) is 3.85. The number of nitrogens with one attached hydrogen (secondary N) is 1. The van der Waals surface area contributed by atoms with Crippen LogP contribution >= 0.6 is 11.3 Å². The summed E-state index contributed by atoms with van der Waals surface area (Å²) in [6.07, 6.45) is 0. The maximum absolute atomic E-state index is 5.41. The molecule has 2 heterocycles. The largest absolute Gasteiger partial charge is 0.378 e. The summed E-state index contributed by atoms with van der Waals surface area (Å²) in [6.45, 7) is 6.85. The zero-order valence-electron chi connectivity index (χ0n) is 8.62. The second-order valence-corrected chi connectivity index (χ2v) is 4.74. The van der Waals surface area contributed by atoms with E-state index in [2.05, 4.69) is 29.5 Å². The first-order valence-electron chi connectivity index (χ1n) is 5.04. The van der Waals surface area contributed by atoms with Crippen LogP contribution < -0.4 is 5.32 Å². The summed E-state index contributed by atoms with van der Waals surface area (Å²) in [4.78, 5) is 4.61. The molecule has 14 heavy (non-hydrogen) atoms. The number of hydrogen-bond donors (Lipinski definition) is 1. The number of hydrogen-bond acceptors (Lipinski definition) is 4. The molecule has 0 aliphatic carbocycles. The first kappa shape index (κ1) is 10.1. The third-order valence-corrected chi connectivity index (χ3v) is 3.48. The minimum Gasteiger partial charge on any atom is -0.378 e. The molecule has 1 aromatic heterocycles. The van der Waals surface area contributed by atoms with Crippen molar-refractivity contribution in [3.63, 3.8) is 0 Å². The van der Waals surface area contributed by atoms with Crippen LogP contribution in [0.2, 0.25) is 0 Å². The van der Waals surface area contributed by atoms with Crippen molar-refractivity contribution in [3.8, 4) is 0 Å². The Labute approximate surface area is 88.5 Å². The van der Waals surface area contributed by atoms with Crippen LogP contribution in [0.15, 0.2) is 5.38 Å². The van der Waals surface area contributed by atoms with Gasteiger partial charge in [-0.3, -0.25) is 0 Å². The molecule has 0 bridgehead atoms. The molecule has 0 saturated carbocycles. The lowest BCUT2D eigenvalue weighted by molar-refractivity contribution is 0.0757. The monoisotopic (exact) mass is 212 g/mol. The fraction of sp³-hybridized carbons (Fsp3) is 0.700. The minimum absolute atomic E-state index is 0.299. The van der Waals surface area contributed by atoms with E-state index in [4.69, 9.17) is 4.74 Å². The molecule has 3 nitrogen and oxygen atoms in total. The van der Waals surface area contributed by atoms with E-state index < -0.39 is 0 Å². The summed E-state index contributed by atoms with van der Waals surface area (Å²) in [5, 5.41) is 6.76. The van der Waals surface area contributed by atoms with Gasteiger partial charge < -0.3 is 10.1 Å². The van der Waals surface area contributed by atoms with Crippen LogP contribution in [0.4, 0.5) is 0 Å². The third-order valence-electron chi connectivity index (χ3n) is 2.31. The average Bonchev–Trinajstić information content (AvgIpc) is 2.68. The molecule has 1 unspecified atom stereocenters. The molecule has 1 N–H and O–H groups in total. The molecule has 1 atom stereocenters. The maximum Gasteiger partial charge on any atom is 0.0954 e. The maximum atomic E-state index is 5.41. The highest BCUT2D eigenvalue weighted by molar-refractivity contribution is 7.09. The molecule has 1 fully saturated rings. The third kappa shape index (κ3) is 2.13. The zero-order valence-corrected chi connectivity index (χ0v) is 9.43. The lowest BCUT2D eigenvalue weighted by atomic mass is 10.2. The quantitative estimate of drug-likeness (QED) is 0.813. The standard InChI is InChI=1S/C10H16N2OS/c1-7(2)10-12-9(6-14-10)8-5-13-4-3-11-8/h6-8,11H,3-5H2,1-2H3. The molecular weight excluding hydrogens is 196 g/mol. The molecule has 1 aromatic rings. The molecule has 0 spiro atoms. The summed E-state index contributed by atoms with van der Waals surface area (Å²) in [6, 6.07) is 0.299. The van der Waals surface area contributed by atoms with Gasteiger partial charge in [-0.05, 0) is 0 Å². The highest BCUT2D eigenvalue weighted by Gasteiger charge is 2.18. The van der Waals surface area contributed by atoms with Crippen molar-refractivity contribution >= 4 is 11.3 Å². The van der Waals surface area contributed by atoms with E-state index in [1.165, 1.54) is 5.01 Å². The van der Waals surface area contributed by atoms with E-state index in [9.17, 15) is 0 Å². The summed E-state index contributed by atoms with van der Waals surface area (Å²) in [7, 11) is 0. The van der Waals surface area contributed by atoms with Gasteiger partial charge in [0.05, 0.1) is 30.0 Å². The number of morpholine rings is 1. The highest BCUT2D eigenvalue weighted by Crippen LogP contribution is 2.23. The van der Waals surface area contributed by atoms with Crippen LogP contribution in [0.3, 0.4) is 0 Å². The van der Waals surface area contributed by atoms with Crippen molar-refractivity contribution in [2.45, 2.75) is 25.8 Å². The van der Waals surface area contributed by atoms with Gasteiger partial charge in [0.25, 0.3) is 0 Å². The van der Waals surface area contributed by atoms with Gasteiger partial charge in [-0.2, -0.15) is 0 Å². The Bertz CT molecular complexity index is 292. The van der Waals surface area contributed by atoms with Gasteiger partial charge in [0.1, 0.15) is 0 Å². The van der Waals surface area contributed by atoms with E-state index in [-0.39, 0.29) is 0 Å². The van der Waals surface area contributed by atoms with E-state index in [1.54, 1.807) is 11.3 Å². The molecule has 0 aromatic carbocycles. The van der Waals surface area contributed by atoms with Crippen molar-refractivity contribution < 1.29 is 4.74 Å². The van der Waals surface area contributed by atoms with E-state index in [1.807, 2.05) is 0 Å². The van der Waals surface area contributed by atoms with Gasteiger partial charge in [-0.15, -0.1) is 11.3 Å². The fourth-order valence-corrected chi connectivity index (χ4v) is 2.37. The summed E-state index contributed by atoms with van der Waals surface area (Å²) in [5.41, 5.74) is 1.14. The Morgan fingerprint density at radius 2 is 2.50 bits per heavy atom. The molecule has 0 amide bonds. The number of nitrogens with zero attached hydrogens (tertiary/aromatic N) is 1. The van der Waals surface area contributed by atoms with Gasteiger partial charge in [-0.1, -0.05) is 13.8 Å². The molecule has 4 heteroatoms. The van der Waals surface area contributed by atoms with Crippen molar-refractivity contribution in [1.29, 1.82) is 0 Å². The van der Waals surface area contributed by atoms with Crippen LogP contribution in [-0.4, -0.2) is 24.7 Å². The predicted octanol–water partition coefficient (Wildman–Crippen LogP) is 1.93. The molecule has 1 aliphatic rings. The Balaban J connectivity index is 2.07. The number of thiazole rings is 1. The summed E-state index contributed by atoms with van der Waals surface area (Å²) >= 11 is 1.74. The SMILES string of the molecule is CC(C)c1nc(C2COCCN2)cs1. The number of ether oxygens (including phenoxy) is 1. The summed E-state index contributed by atoms with van der Waals surface area (Å²) in [5.74, 6) is 0.526. The van der Waals surface area contributed by atoms with Crippen LogP contribution in [0.1, 0.15) is 36.5 Å². The topological polar surface area (TPSA) is 34.1 Å². The molecule has 1 saturated heterocycles. The normalized spacial score (nSPS) is 22.9. The van der Waals surface area contributed by atoms with Gasteiger partial charge in [-0.25, -0.2) is 4.98 Å². The summed E-state index contributed by atoms with van der Waals surface area (Å²) < 4.78 is 5.41. The first-order valence-corrected chi connectivity index (χ1v) is 5.92. The van der Waals surface area contributed by atoms with Gasteiger partial charge in [0.2, 0.25) is 0 Å². The second kappa shape index (κ2) is 4.38. The highest BCUT2D eigenvalue weighted by atomic mass is 32.1. The smallest absolute Gasteiger partial charge is 0.0954 e. The fourth-order valence-electron chi connectivity index (χ4n) is 1.48. The van der Waals surface area contributed by atoms with Crippen LogP contribution in [0.5, 0.6) is 0 Å². The zero-order chi connectivity index (χ0) is 9.97. The van der Waals surface area contributed by atoms with Crippen LogP contribution in [-0.2, 0) is 4.74 Å². The van der Waals surface area contributed by atoms with Crippen LogP contribution in [0, 0.1) is 0 Å². The lowest BCUT2D eigenvalue weighted by Gasteiger charge is -2.22. The van der Waals surface area contributed by atoms with E-state index in [0.717, 1.165) is 25.5 Å². The molecular formula is C10H16N2OS. The Kier molecular flexibility index (Phi) is 3.15. The molecule has 1 aliphatic heterocycles. The first-order chi connectivity index (χ1) is 6.77. The number of rotatable bonds is 2. The van der Waals surface area contributed by atoms with Gasteiger partial charge in [0.15, 0.2) is 0 Å². The van der Waals surface area contributed by atoms with Crippen molar-refractivity contribution in [2.24, 2.45) is 0 Å². The molecule has 0 radical (unpaired) electrons. The average molecular weight is 212 g/mol. The van der Waals surface area contributed by atoms with E-state index >= 15 is 0 Å². The van der Waals surface area contributed by atoms with E-state index in [0.29, 0.717) is 12.0 Å². The minimum atomic E-state index is 0.299. The Morgan fingerprint density at radius 3 is 3.07 bits per heavy atom. The van der Waals surface area contributed by atoms with Crippen molar-refractivity contribution in [3.05, 3.63) is 16.1 Å². The Morgan fingerprint density at radius 1 is 1.64 bits per heavy atom. The molecule has 2 rings (SSSR count). The van der Waals surface area contributed by atoms with Gasteiger partial charge in [0, 0.05) is 17.8 Å². The van der Waals surface area contributed by atoms with Crippen molar-refractivity contribution in [1.82, 2.24) is 10.3 Å². The molecule has 78 valence electrons.